The lowest BCUT2D eigenvalue weighted by molar-refractivity contribution is -0.132. The lowest BCUT2D eigenvalue weighted by Gasteiger charge is -2.32. The molecule has 0 radical (unpaired) electrons. The predicted molar refractivity (Wildman–Crippen MR) is 120 cm³/mol. The summed E-state index contributed by atoms with van der Waals surface area (Å²) in [6.45, 7) is 1.95. The first kappa shape index (κ1) is 21.2. The van der Waals surface area contributed by atoms with Gasteiger partial charge in [-0.25, -0.2) is 0 Å². The third-order valence-corrected chi connectivity index (χ3v) is 6.46. The van der Waals surface area contributed by atoms with Crippen molar-refractivity contribution in [2.45, 2.75) is 44.6 Å². The Morgan fingerprint density at radius 3 is 2.48 bits per heavy atom. The maximum atomic E-state index is 13.0. The van der Waals surface area contributed by atoms with Gasteiger partial charge in [0.25, 0.3) is 5.91 Å². The average molecular weight is 420 g/mol. The number of rotatable bonds is 6. The minimum Gasteiger partial charge on any atom is -0.339 e. The van der Waals surface area contributed by atoms with Gasteiger partial charge >= 0.3 is 0 Å². The topological polar surface area (TPSA) is 92.5 Å². The maximum Gasteiger partial charge on any atom is 0.253 e. The van der Waals surface area contributed by atoms with Crippen LogP contribution in [0.2, 0.25) is 0 Å². The Hall–Kier alpha value is -2.99. The number of nitrogens with one attached hydrogen (secondary N) is 1. The number of nitrogens with two attached hydrogens (primary N) is 1. The van der Waals surface area contributed by atoms with Crippen molar-refractivity contribution < 1.29 is 14.4 Å². The number of likely N-dealkylation sites (tertiary alicyclic amines) is 1. The highest BCUT2D eigenvalue weighted by molar-refractivity contribution is 5.99. The Morgan fingerprint density at radius 1 is 1.03 bits per heavy atom. The standard InChI is InChI=1S/C25H29N3O3/c26-16-17-3-1-4-19(13-17)18-9-11-28(12-10-18)25(31)21-5-2-6-22(14-21)27-24(30)15-20-7-8-23(20)29/h1-6,13-14,18,20H,7-12,15-16,26H2,(H,27,30). The molecule has 4 rings (SSSR count). The van der Waals surface area contributed by atoms with Gasteiger partial charge in [0.1, 0.15) is 5.78 Å². The molecule has 1 aliphatic carbocycles. The van der Waals surface area contributed by atoms with Crippen LogP contribution in [0, 0.1) is 5.92 Å². The van der Waals surface area contributed by atoms with Gasteiger partial charge in [-0.2, -0.15) is 0 Å². The zero-order valence-electron chi connectivity index (χ0n) is 17.7. The third kappa shape index (κ3) is 5.02. The summed E-state index contributed by atoms with van der Waals surface area (Å²) in [5.74, 6) is 0.270. The van der Waals surface area contributed by atoms with Crippen molar-refractivity contribution in [1.29, 1.82) is 0 Å². The summed E-state index contributed by atoms with van der Waals surface area (Å²) in [4.78, 5) is 38.5. The summed E-state index contributed by atoms with van der Waals surface area (Å²) >= 11 is 0. The minimum absolute atomic E-state index is 0.0144. The van der Waals surface area contributed by atoms with E-state index in [4.69, 9.17) is 5.73 Å². The van der Waals surface area contributed by atoms with Crippen LogP contribution in [0.4, 0.5) is 5.69 Å². The molecular formula is C25H29N3O3. The van der Waals surface area contributed by atoms with Crippen LogP contribution in [0.1, 0.15) is 59.5 Å². The number of carbonyl (C=O) groups excluding carboxylic acids is 3. The van der Waals surface area contributed by atoms with Crippen molar-refractivity contribution in [3.05, 3.63) is 65.2 Å². The number of Topliss-reactive ketones (excluding diaryl/α,β-unsaturated/α-hetero) is 1. The van der Waals surface area contributed by atoms with E-state index in [0.717, 1.165) is 24.8 Å². The van der Waals surface area contributed by atoms with Crippen molar-refractivity contribution in [2.24, 2.45) is 11.7 Å². The van der Waals surface area contributed by atoms with Gasteiger partial charge in [0, 0.05) is 49.6 Å². The molecule has 6 heteroatoms. The Bertz CT molecular complexity index is 979. The van der Waals surface area contributed by atoms with Crippen LogP contribution in [0.5, 0.6) is 0 Å². The Kier molecular flexibility index (Phi) is 6.47. The van der Waals surface area contributed by atoms with Crippen LogP contribution in [0.3, 0.4) is 0 Å². The Morgan fingerprint density at radius 2 is 1.81 bits per heavy atom. The fourth-order valence-electron chi connectivity index (χ4n) is 4.42. The smallest absolute Gasteiger partial charge is 0.253 e. The van der Waals surface area contributed by atoms with Gasteiger partial charge in [-0.3, -0.25) is 14.4 Å². The molecular weight excluding hydrogens is 390 g/mol. The van der Waals surface area contributed by atoms with E-state index in [1.54, 1.807) is 24.3 Å². The van der Waals surface area contributed by atoms with Gasteiger partial charge in [-0.05, 0) is 54.5 Å². The van der Waals surface area contributed by atoms with Crippen LogP contribution in [0.15, 0.2) is 48.5 Å². The molecule has 162 valence electrons. The summed E-state index contributed by atoms with van der Waals surface area (Å²) in [6, 6.07) is 15.5. The molecule has 2 aliphatic rings. The number of nitrogens with zero attached hydrogens (tertiary/aromatic N) is 1. The van der Waals surface area contributed by atoms with E-state index in [1.165, 1.54) is 5.56 Å². The molecule has 3 N–H and O–H groups in total. The Balaban J connectivity index is 1.34. The summed E-state index contributed by atoms with van der Waals surface area (Å²) in [6.07, 6.45) is 3.43. The molecule has 6 nitrogen and oxygen atoms in total. The normalized spacial score (nSPS) is 19.1. The van der Waals surface area contributed by atoms with E-state index in [-0.39, 0.29) is 29.9 Å². The van der Waals surface area contributed by atoms with Crippen LogP contribution in [-0.2, 0) is 16.1 Å². The van der Waals surface area contributed by atoms with Crippen molar-refractivity contribution >= 4 is 23.3 Å². The lowest BCUT2D eigenvalue weighted by atomic mass is 9.81. The molecule has 0 aromatic heterocycles. The second-order valence-electron chi connectivity index (χ2n) is 8.55. The second-order valence-corrected chi connectivity index (χ2v) is 8.55. The van der Waals surface area contributed by atoms with Crippen molar-refractivity contribution in [2.75, 3.05) is 18.4 Å². The van der Waals surface area contributed by atoms with Gasteiger partial charge in [-0.1, -0.05) is 30.3 Å². The number of ketones is 1. The van der Waals surface area contributed by atoms with Crippen LogP contribution in [-0.4, -0.2) is 35.6 Å². The Labute approximate surface area is 182 Å². The number of benzene rings is 2. The molecule has 1 unspecified atom stereocenters. The minimum atomic E-state index is -0.178. The molecule has 2 aromatic rings. The molecule has 1 saturated carbocycles. The highest BCUT2D eigenvalue weighted by Crippen LogP contribution is 2.30. The fraction of sp³-hybridized carbons (Fsp3) is 0.400. The summed E-state index contributed by atoms with van der Waals surface area (Å²) in [7, 11) is 0. The first-order valence-electron chi connectivity index (χ1n) is 11.0. The molecule has 2 aromatic carbocycles. The van der Waals surface area contributed by atoms with Crippen molar-refractivity contribution in [3.63, 3.8) is 0 Å². The summed E-state index contributed by atoms with van der Waals surface area (Å²) in [5.41, 5.74) is 9.36. The van der Waals surface area contributed by atoms with Gasteiger partial charge < -0.3 is 16.0 Å². The second kappa shape index (κ2) is 9.43. The SMILES string of the molecule is NCc1cccc(C2CCN(C(=O)c3cccc(NC(=O)CC4CCC4=O)c3)CC2)c1. The molecule has 31 heavy (non-hydrogen) atoms. The molecule has 1 heterocycles. The largest absolute Gasteiger partial charge is 0.339 e. The van der Waals surface area contributed by atoms with Gasteiger partial charge in [0.2, 0.25) is 5.91 Å². The predicted octanol–water partition coefficient (Wildman–Crippen LogP) is 3.47. The van der Waals surface area contributed by atoms with Crippen molar-refractivity contribution in [3.8, 4) is 0 Å². The van der Waals surface area contributed by atoms with E-state index in [1.807, 2.05) is 11.0 Å². The number of anilines is 1. The molecule has 0 bridgehead atoms. The first-order valence-corrected chi connectivity index (χ1v) is 11.0. The zero-order valence-corrected chi connectivity index (χ0v) is 17.7. The number of amides is 2. The monoisotopic (exact) mass is 419 g/mol. The number of piperidine rings is 1. The van der Waals surface area contributed by atoms with E-state index >= 15 is 0 Å². The molecule has 1 atom stereocenters. The summed E-state index contributed by atoms with van der Waals surface area (Å²) in [5, 5.41) is 2.83. The van der Waals surface area contributed by atoms with Gasteiger partial charge in [0.15, 0.2) is 0 Å². The maximum absolute atomic E-state index is 13.0. The first-order chi connectivity index (χ1) is 15.0. The highest BCUT2D eigenvalue weighted by atomic mass is 16.2. The van der Waals surface area contributed by atoms with Crippen LogP contribution >= 0.6 is 0 Å². The highest BCUT2D eigenvalue weighted by Gasteiger charge is 2.30. The van der Waals surface area contributed by atoms with Crippen LogP contribution in [0.25, 0.3) is 0 Å². The van der Waals surface area contributed by atoms with E-state index in [0.29, 0.717) is 43.2 Å². The zero-order chi connectivity index (χ0) is 21.8. The number of hydrogen-bond acceptors (Lipinski definition) is 4. The lowest BCUT2D eigenvalue weighted by Crippen LogP contribution is -2.38. The third-order valence-electron chi connectivity index (χ3n) is 6.46. The quantitative estimate of drug-likeness (QED) is 0.750. The molecule has 1 aliphatic heterocycles. The average Bonchev–Trinajstić information content (AvgIpc) is 2.81. The van der Waals surface area contributed by atoms with E-state index < -0.39 is 0 Å². The van der Waals surface area contributed by atoms with Gasteiger partial charge in [0.05, 0.1) is 0 Å². The van der Waals surface area contributed by atoms with Gasteiger partial charge in [-0.15, -0.1) is 0 Å². The van der Waals surface area contributed by atoms with Crippen molar-refractivity contribution in [1.82, 2.24) is 4.90 Å². The van der Waals surface area contributed by atoms with E-state index in [2.05, 4.69) is 23.5 Å². The van der Waals surface area contributed by atoms with Crippen LogP contribution < -0.4 is 11.1 Å². The van der Waals surface area contributed by atoms with E-state index in [9.17, 15) is 14.4 Å². The molecule has 1 saturated heterocycles. The molecule has 2 amide bonds. The molecule has 0 spiro atoms. The number of hydrogen-bond donors (Lipinski definition) is 2. The number of carbonyl (C=O) groups is 3. The fourth-order valence-corrected chi connectivity index (χ4v) is 4.42. The summed E-state index contributed by atoms with van der Waals surface area (Å²) < 4.78 is 0. The molecule has 2 fully saturated rings.